The van der Waals surface area contributed by atoms with Crippen LogP contribution in [0.1, 0.15) is 19.8 Å². The molecule has 0 spiro atoms. The number of hydrogen-bond donors (Lipinski definition) is 0. The van der Waals surface area contributed by atoms with E-state index >= 15 is 0 Å². The standard InChI is InChI=1S/C5H7/c1-3-5-4-2/h3,5H2,1H3/q+1. The van der Waals surface area contributed by atoms with Gasteiger partial charge in [0, 0.05) is 0 Å². The first-order valence-corrected chi connectivity index (χ1v) is 1.81. The molecule has 0 aromatic heterocycles. The van der Waals surface area contributed by atoms with Crippen molar-refractivity contribution in [2.24, 2.45) is 0 Å². The van der Waals surface area contributed by atoms with Crippen LogP contribution in [0.4, 0.5) is 0 Å². The van der Waals surface area contributed by atoms with Crippen molar-refractivity contribution in [2.75, 3.05) is 0 Å². The van der Waals surface area contributed by atoms with Crippen molar-refractivity contribution in [1.82, 2.24) is 0 Å². The van der Waals surface area contributed by atoms with Gasteiger partial charge in [0.05, 0.1) is 0 Å². The maximum absolute atomic E-state index is 6.35. The molecular weight excluding hydrogens is 60.1 g/mol. The van der Waals surface area contributed by atoms with Crippen molar-refractivity contribution in [3.8, 4) is 5.92 Å². The fraction of sp³-hybridized carbons (Fsp3) is 0.600. The molecule has 0 N–H and O–H groups in total. The van der Waals surface area contributed by atoms with Crippen molar-refractivity contribution in [3.63, 3.8) is 0 Å². The van der Waals surface area contributed by atoms with Gasteiger partial charge in [0.1, 0.15) is 0 Å². The monoisotopic (exact) mass is 67.1 g/mol. The molecule has 0 aliphatic rings. The third-order valence-corrected chi connectivity index (χ3v) is 0.375. The Balaban J connectivity index is 2.48. The van der Waals surface area contributed by atoms with Gasteiger partial charge in [-0.1, -0.05) is 0 Å². The van der Waals surface area contributed by atoms with Gasteiger partial charge < -0.3 is 0 Å². The molecule has 0 bridgehead atoms. The van der Waals surface area contributed by atoms with Gasteiger partial charge in [0.2, 0.25) is 0 Å². The average molecular weight is 67.1 g/mol. The Hall–Kier alpha value is -0.220. The molecule has 0 aromatic carbocycles. The molecule has 26 valence electrons. The second-order valence-electron chi connectivity index (χ2n) is 0.927. The van der Waals surface area contributed by atoms with Gasteiger partial charge in [-0.2, -0.15) is 0 Å². The molecule has 0 aliphatic heterocycles. The minimum absolute atomic E-state index is 0.806. The van der Waals surface area contributed by atoms with E-state index in [4.69, 9.17) is 6.42 Å². The molecule has 0 fully saturated rings. The van der Waals surface area contributed by atoms with E-state index in [1.165, 1.54) is 0 Å². The summed E-state index contributed by atoms with van der Waals surface area (Å²) >= 11 is 0. The fourth-order valence-corrected chi connectivity index (χ4v) is 0.125. The van der Waals surface area contributed by atoms with Gasteiger partial charge in [-0.15, -0.1) is 0 Å². The van der Waals surface area contributed by atoms with Crippen LogP contribution in [0.2, 0.25) is 0 Å². The average Bonchev–Trinajstić information content (AvgIpc) is 1.41. The first-order chi connectivity index (χ1) is 2.41. The summed E-state index contributed by atoms with van der Waals surface area (Å²) in [4.78, 5) is 0. The molecule has 0 aromatic rings. The van der Waals surface area contributed by atoms with Crippen LogP contribution < -0.4 is 0 Å². The van der Waals surface area contributed by atoms with Crippen molar-refractivity contribution in [3.05, 3.63) is 6.42 Å². The summed E-state index contributed by atoms with van der Waals surface area (Å²) in [5.41, 5.74) is 0. The van der Waals surface area contributed by atoms with Gasteiger partial charge in [-0.3, -0.25) is 0 Å². The molecule has 0 heterocycles. The normalized spacial score (nSPS) is 7.00. The Bertz CT molecular complexity index is 38.5. The van der Waals surface area contributed by atoms with Gasteiger partial charge in [0.15, 0.2) is 0 Å². The zero-order valence-corrected chi connectivity index (χ0v) is 3.41. The summed E-state index contributed by atoms with van der Waals surface area (Å²) in [7, 11) is 0. The Morgan fingerprint density at radius 1 is 1.80 bits per heavy atom. The summed E-state index contributed by atoms with van der Waals surface area (Å²) in [6.07, 6.45) is 8.20. The van der Waals surface area contributed by atoms with E-state index in [0.29, 0.717) is 0 Å². The van der Waals surface area contributed by atoms with Gasteiger partial charge in [-0.05, 0) is 0 Å². The van der Waals surface area contributed by atoms with Gasteiger partial charge in [-0.25, -0.2) is 0 Å². The molecule has 0 aliphatic carbocycles. The number of hydrogen-bond acceptors (Lipinski definition) is 0. The van der Waals surface area contributed by atoms with Crippen LogP contribution in [0, 0.1) is 12.3 Å². The van der Waals surface area contributed by atoms with Crippen molar-refractivity contribution >= 4 is 0 Å². The Morgan fingerprint density at radius 3 is 2.40 bits per heavy atom. The van der Waals surface area contributed by atoms with Crippen LogP contribution in [0.3, 0.4) is 0 Å². The number of rotatable bonds is 1. The zero-order valence-electron chi connectivity index (χ0n) is 3.41. The van der Waals surface area contributed by atoms with E-state index in [2.05, 4.69) is 5.92 Å². The van der Waals surface area contributed by atoms with Crippen LogP contribution in [0.5, 0.6) is 0 Å². The van der Waals surface area contributed by atoms with E-state index < -0.39 is 0 Å². The molecule has 0 atom stereocenters. The van der Waals surface area contributed by atoms with E-state index in [1.54, 1.807) is 0 Å². The molecule has 5 heavy (non-hydrogen) atoms. The van der Waals surface area contributed by atoms with E-state index in [0.717, 1.165) is 12.8 Å². The Labute approximate surface area is 33.2 Å². The first-order valence-electron chi connectivity index (χ1n) is 1.81. The van der Waals surface area contributed by atoms with Crippen LogP contribution in [-0.2, 0) is 0 Å². The molecule has 0 radical (unpaired) electrons. The van der Waals surface area contributed by atoms with Crippen molar-refractivity contribution in [2.45, 2.75) is 19.8 Å². The van der Waals surface area contributed by atoms with Crippen molar-refractivity contribution < 1.29 is 0 Å². The summed E-state index contributed by atoms with van der Waals surface area (Å²) < 4.78 is 0. The molecule has 0 saturated carbocycles. The second kappa shape index (κ2) is 3.78. The second-order valence-corrected chi connectivity index (χ2v) is 0.927. The van der Waals surface area contributed by atoms with E-state index in [1.807, 2.05) is 6.92 Å². The molecule has 0 amide bonds. The zero-order chi connectivity index (χ0) is 4.12. The summed E-state index contributed by atoms with van der Waals surface area (Å²) in [5, 5.41) is 0. The fourth-order valence-electron chi connectivity index (χ4n) is 0.125. The molecule has 0 nitrogen and oxygen atoms in total. The first kappa shape index (κ1) is 4.78. The van der Waals surface area contributed by atoms with Gasteiger partial charge in [0.25, 0.3) is 0 Å². The summed E-state index contributed by atoms with van der Waals surface area (Å²) in [6, 6.07) is 0. The van der Waals surface area contributed by atoms with Crippen LogP contribution in [0.15, 0.2) is 0 Å². The van der Waals surface area contributed by atoms with Crippen molar-refractivity contribution in [1.29, 1.82) is 0 Å². The molecule has 0 heteroatoms. The predicted molar refractivity (Wildman–Crippen MR) is 22.0 cm³/mol. The summed E-state index contributed by atoms with van der Waals surface area (Å²) in [6.45, 7) is 2.03. The molecular formula is C5H7+. The van der Waals surface area contributed by atoms with E-state index in [-0.39, 0.29) is 0 Å². The van der Waals surface area contributed by atoms with Gasteiger partial charge >= 0.3 is 32.1 Å². The summed E-state index contributed by atoms with van der Waals surface area (Å²) in [5.74, 6) is 2.27. The van der Waals surface area contributed by atoms with Crippen LogP contribution in [0.25, 0.3) is 0 Å². The third kappa shape index (κ3) is 3.78. The SMILES string of the molecule is [C+]#CCCC. The topological polar surface area (TPSA) is 0 Å². The van der Waals surface area contributed by atoms with Crippen LogP contribution >= 0.6 is 0 Å². The number of unbranched alkanes of at least 4 members (excludes halogenated alkanes) is 1. The van der Waals surface area contributed by atoms with E-state index in [9.17, 15) is 0 Å². The third-order valence-electron chi connectivity index (χ3n) is 0.375. The van der Waals surface area contributed by atoms with Crippen LogP contribution in [-0.4, -0.2) is 0 Å². The molecule has 0 saturated heterocycles. The molecule has 0 unspecified atom stereocenters. The quantitative estimate of drug-likeness (QED) is 0.321. The predicted octanol–water partition coefficient (Wildman–Crippen LogP) is 1.38. The Morgan fingerprint density at radius 2 is 2.40 bits per heavy atom. The maximum atomic E-state index is 6.35. The Kier molecular flexibility index (Phi) is 3.61. The minimum atomic E-state index is 0.806. The molecule has 0 rings (SSSR count).